The van der Waals surface area contributed by atoms with E-state index in [1.54, 1.807) is 13.2 Å². The first-order valence-corrected chi connectivity index (χ1v) is 10.4. The van der Waals surface area contributed by atoms with Crippen LogP contribution in [0.2, 0.25) is 0 Å². The fourth-order valence-electron chi connectivity index (χ4n) is 2.57. The molecule has 0 fully saturated rings. The highest BCUT2D eigenvalue weighted by Crippen LogP contribution is 2.18. The lowest BCUT2D eigenvalue weighted by molar-refractivity contribution is -0.124. The van der Waals surface area contributed by atoms with Crippen LogP contribution in [-0.2, 0) is 25.8 Å². The van der Waals surface area contributed by atoms with Crippen molar-refractivity contribution in [3.8, 4) is 5.75 Å². The summed E-state index contributed by atoms with van der Waals surface area (Å²) in [6.45, 7) is 1.34. The number of rotatable bonds is 9. The summed E-state index contributed by atoms with van der Waals surface area (Å²) in [7, 11) is -2.00. The summed E-state index contributed by atoms with van der Waals surface area (Å²) in [4.78, 5) is 24.1. The van der Waals surface area contributed by atoms with Crippen molar-refractivity contribution in [1.82, 2.24) is 5.32 Å². The maximum absolute atomic E-state index is 12.2. The number of para-hydroxylation sites is 1. The fourth-order valence-corrected chi connectivity index (χ4v) is 3.65. The third-order valence-corrected chi connectivity index (χ3v) is 5.85. The average molecular weight is 405 g/mol. The van der Waals surface area contributed by atoms with Gasteiger partial charge in [-0.1, -0.05) is 37.3 Å². The number of carbonyl (C=O) groups is 2. The number of carbonyl (C=O) groups excluding carboxylic acids is 2. The SMILES string of the molecule is CCS(=O)(=O)c1ccccc1C(=O)OCC(=O)NCCc1ccccc1OC. The molecule has 150 valence electrons. The van der Waals surface area contributed by atoms with E-state index >= 15 is 0 Å². The average Bonchev–Trinajstić information content (AvgIpc) is 2.72. The molecule has 1 amide bonds. The van der Waals surface area contributed by atoms with Crippen molar-refractivity contribution in [2.24, 2.45) is 0 Å². The fraction of sp³-hybridized carbons (Fsp3) is 0.300. The molecule has 0 aliphatic rings. The van der Waals surface area contributed by atoms with Crippen LogP contribution in [0.3, 0.4) is 0 Å². The molecular formula is C20H23NO6S. The second kappa shape index (κ2) is 9.89. The van der Waals surface area contributed by atoms with Crippen LogP contribution in [0.5, 0.6) is 5.75 Å². The van der Waals surface area contributed by atoms with Gasteiger partial charge < -0.3 is 14.8 Å². The zero-order valence-corrected chi connectivity index (χ0v) is 16.6. The Kier molecular flexibility index (Phi) is 7.57. The maximum atomic E-state index is 12.2. The number of esters is 1. The Hall–Kier alpha value is -2.87. The van der Waals surface area contributed by atoms with E-state index in [4.69, 9.17) is 9.47 Å². The molecular weight excluding hydrogens is 382 g/mol. The normalized spacial score (nSPS) is 10.9. The third-order valence-electron chi connectivity index (χ3n) is 4.07. The molecule has 7 nitrogen and oxygen atoms in total. The first-order valence-electron chi connectivity index (χ1n) is 8.76. The van der Waals surface area contributed by atoms with Crippen molar-refractivity contribution in [3.63, 3.8) is 0 Å². The first kappa shape index (κ1) is 21.4. The van der Waals surface area contributed by atoms with E-state index in [0.29, 0.717) is 13.0 Å². The van der Waals surface area contributed by atoms with Crippen LogP contribution in [0.4, 0.5) is 0 Å². The van der Waals surface area contributed by atoms with E-state index in [9.17, 15) is 18.0 Å². The molecule has 0 spiro atoms. The number of ether oxygens (including phenoxy) is 2. The monoisotopic (exact) mass is 405 g/mol. The molecule has 2 aromatic rings. The summed E-state index contributed by atoms with van der Waals surface area (Å²) in [6.07, 6.45) is 0.557. The molecule has 0 aromatic heterocycles. The molecule has 0 radical (unpaired) electrons. The second-order valence-electron chi connectivity index (χ2n) is 5.89. The number of benzene rings is 2. The van der Waals surface area contributed by atoms with Crippen LogP contribution in [0.15, 0.2) is 53.4 Å². The minimum absolute atomic E-state index is 0.0776. The van der Waals surface area contributed by atoms with Crippen LogP contribution in [0.1, 0.15) is 22.8 Å². The van der Waals surface area contributed by atoms with Crippen molar-refractivity contribution in [2.45, 2.75) is 18.2 Å². The van der Waals surface area contributed by atoms with E-state index in [2.05, 4.69) is 5.32 Å². The highest BCUT2D eigenvalue weighted by molar-refractivity contribution is 7.91. The predicted octanol–water partition coefficient (Wildman–Crippen LogP) is 2.00. The topological polar surface area (TPSA) is 98.8 Å². The van der Waals surface area contributed by atoms with Crippen LogP contribution in [0.25, 0.3) is 0 Å². The molecule has 0 bridgehead atoms. The van der Waals surface area contributed by atoms with Gasteiger partial charge in [0, 0.05) is 6.54 Å². The number of methoxy groups -OCH3 is 1. The molecule has 0 saturated heterocycles. The van der Waals surface area contributed by atoms with Gasteiger partial charge in [-0.15, -0.1) is 0 Å². The lowest BCUT2D eigenvalue weighted by atomic mass is 10.1. The summed E-state index contributed by atoms with van der Waals surface area (Å²) in [6, 6.07) is 13.3. The molecule has 0 saturated carbocycles. The van der Waals surface area contributed by atoms with E-state index in [1.165, 1.54) is 25.1 Å². The van der Waals surface area contributed by atoms with Gasteiger partial charge in [0.2, 0.25) is 0 Å². The van der Waals surface area contributed by atoms with E-state index in [0.717, 1.165) is 11.3 Å². The Balaban J connectivity index is 1.89. The quantitative estimate of drug-likeness (QED) is 0.641. The molecule has 8 heteroatoms. The summed E-state index contributed by atoms with van der Waals surface area (Å²) in [5.41, 5.74) is 0.868. The Morgan fingerprint density at radius 2 is 1.71 bits per heavy atom. The molecule has 0 atom stereocenters. The summed E-state index contributed by atoms with van der Waals surface area (Å²) in [5.74, 6) is -0.732. The number of hydrogen-bond donors (Lipinski definition) is 1. The van der Waals surface area contributed by atoms with Gasteiger partial charge in [0.05, 0.1) is 23.3 Å². The lowest BCUT2D eigenvalue weighted by Crippen LogP contribution is -2.30. The van der Waals surface area contributed by atoms with E-state index in [-0.39, 0.29) is 16.2 Å². The third kappa shape index (κ3) is 5.56. The van der Waals surface area contributed by atoms with Crippen molar-refractivity contribution < 1.29 is 27.5 Å². The second-order valence-corrected chi connectivity index (χ2v) is 8.13. The summed E-state index contributed by atoms with van der Waals surface area (Å²) in [5, 5.41) is 2.66. The number of hydrogen-bond acceptors (Lipinski definition) is 6. The Bertz CT molecular complexity index is 939. The lowest BCUT2D eigenvalue weighted by Gasteiger charge is -2.11. The van der Waals surface area contributed by atoms with Crippen LogP contribution < -0.4 is 10.1 Å². The Morgan fingerprint density at radius 1 is 1.04 bits per heavy atom. The van der Waals surface area contributed by atoms with Crippen LogP contribution >= 0.6 is 0 Å². The van der Waals surface area contributed by atoms with Gasteiger partial charge in [0.1, 0.15) is 5.75 Å². The zero-order chi connectivity index (χ0) is 20.6. The van der Waals surface area contributed by atoms with Gasteiger partial charge in [0.15, 0.2) is 16.4 Å². The first-order chi connectivity index (χ1) is 13.4. The van der Waals surface area contributed by atoms with Crippen LogP contribution in [0, 0.1) is 0 Å². The van der Waals surface area contributed by atoms with Gasteiger partial charge in [0.25, 0.3) is 5.91 Å². The van der Waals surface area contributed by atoms with Crippen LogP contribution in [-0.4, -0.2) is 46.3 Å². The standard InChI is InChI=1S/C20H23NO6S/c1-3-28(24,25)18-11-7-5-9-16(18)20(23)27-14-19(22)21-13-12-15-8-4-6-10-17(15)26-2/h4-11H,3,12-14H2,1-2H3,(H,21,22). The Morgan fingerprint density at radius 3 is 2.43 bits per heavy atom. The van der Waals surface area contributed by atoms with Gasteiger partial charge in [-0.25, -0.2) is 13.2 Å². The van der Waals surface area contributed by atoms with Gasteiger partial charge in [-0.3, -0.25) is 4.79 Å². The minimum Gasteiger partial charge on any atom is -0.496 e. The van der Waals surface area contributed by atoms with Crippen molar-refractivity contribution in [3.05, 3.63) is 59.7 Å². The smallest absolute Gasteiger partial charge is 0.339 e. The Labute approximate surface area is 164 Å². The predicted molar refractivity (Wildman–Crippen MR) is 104 cm³/mol. The minimum atomic E-state index is -3.58. The van der Waals surface area contributed by atoms with Crippen molar-refractivity contribution >= 4 is 21.7 Å². The molecule has 0 aliphatic carbocycles. The number of sulfone groups is 1. The molecule has 0 aliphatic heterocycles. The molecule has 28 heavy (non-hydrogen) atoms. The molecule has 2 aromatic carbocycles. The zero-order valence-electron chi connectivity index (χ0n) is 15.8. The van der Waals surface area contributed by atoms with Crippen molar-refractivity contribution in [2.75, 3.05) is 26.0 Å². The highest BCUT2D eigenvalue weighted by atomic mass is 32.2. The molecule has 1 N–H and O–H groups in total. The highest BCUT2D eigenvalue weighted by Gasteiger charge is 2.22. The van der Waals surface area contributed by atoms with Crippen molar-refractivity contribution in [1.29, 1.82) is 0 Å². The number of amides is 1. The largest absolute Gasteiger partial charge is 0.496 e. The molecule has 0 unspecified atom stereocenters. The maximum Gasteiger partial charge on any atom is 0.339 e. The van der Waals surface area contributed by atoms with Gasteiger partial charge in [-0.2, -0.15) is 0 Å². The summed E-state index contributed by atoms with van der Waals surface area (Å²) < 4.78 is 34.4. The van der Waals surface area contributed by atoms with Gasteiger partial charge >= 0.3 is 5.97 Å². The summed E-state index contributed by atoms with van der Waals surface area (Å²) >= 11 is 0. The van der Waals surface area contributed by atoms with E-state index < -0.39 is 28.3 Å². The van der Waals surface area contributed by atoms with E-state index in [1.807, 2.05) is 24.3 Å². The van der Waals surface area contributed by atoms with Gasteiger partial charge in [-0.05, 0) is 30.2 Å². The molecule has 2 rings (SSSR count). The molecule has 0 heterocycles. The number of nitrogens with one attached hydrogen (secondary N) is 1.